The van der Waals surface area contributed by atoms with E-state index in [9.17, 15) is 22.4 Å². The summed E-state index contributed by atoms with van der Waals surface area (Å²) < 4.78 is 59.7. The number of carbonyl (C=O) groups excluding carboxylic acids is 1. The van der Waals surface area contributed by atoms with Gasteiger partial charge in [0.2, 0.25) is 0 Å². The van der Waals surface area contributed by atoms with E-state index in [4.69, 9.17) is 16.3 Å². The van der Waals surface area contributed by atoms with Gasteiger partial charge in [0.05, 0.1) is 17.8 Å². The van der Waals surface area contributed by atoms with E-state index in [1.165, 1.54) is 0 Å². The number of amides is 1. The van der Waals surface area contributed by atoms with Gasteiger partial charge in [-0.1, -0.05) is 23.7 Å². The lowest BCUT2D eigenvalue weighted by molar-refractivity contribution is -0.137. The number of ether oxygens (including phenoxy) is 1. The molecule has 0 N–H and O–H groups in total. The zero-order valence-corrected chi connectivity index (χ0v) is 21.7. The summed E-state index contributed by atoms with van der Waals surface area (Å²) in [6.45, 7) is 8.99. The van der Waals surface area contributed by atoms with Gasteiger partial charge in [-0.2, -0.15) is 13.2 Å². The second-order valence-corrected chi connectivity index (χ2v) is 10.5. The molecule has 5 nitrogen and oxygen atoms in total. The molecular formula is C27H32ClF4N3O2. The second-order valence-electron chi connectivity index (χ2n) is 10.0. The van der Waals surface area contributed by atoms with Crippen molar-refractivity contribution in [1.82, 2.24) is 14.7 Å². The van der Waals surface area contributed by atoms with Gasteiger partial charge in [0, 0.05) is 62.4 Å². The van der Waals surface area contributed by atoms with Crippen molar-refractivity contribution in [2.45, 2.75) is 44.7 Å². The maximum atomic E-state index is 14.1. The number of piperazine rings is 1. The summed E-state index contributed by atoms with van der Waals surface area (Å²) in [5.74, 6) is -1.68. The lowest BCUT2D eigenvalue weighted by Crippen LogP contribution is -2.57. The molecular weight excluding hydrogens is 510 g/mol. The molecule has 0 radical (unpaired) electrons. The SMILES string of the molecule is C[C@@H]1CN(CCN2CCN(C(=O)c3cc(F)cc(C(F)(F)F)c3)[C@H](Cc3ccc(Cl)cc3)C2)C[C@H](C)O1. The Hall–Kier alpha value is -2.20. The Labute approximate surface area is 219 Å². The van der Waals surface area contributed by atoms with Gasteiger partial charge >= 0.3 is 6.18 Å². The van der Waals surface area contributed by atoms with Gasteiger partial charge in [0.1, 0.15) is 5.82 Å². The summed E-state index contributed by atoms with van der Waals surface area (Å²) in [4.78, 5) is 19.6. The highest BCUT2D eigenvalue weighted by Gasteiger charge is 2.35. The number of nitrogens with zero attached hydrogens (tertiary/aromatic N) is 3. The van der Waals surface area contributed by atoms with Crippen molar-refractivity contribution in [2.24, 2.45) is 0 Å². The average molecular weight is 542 g/mol. The van der Waals surface area contributed by atoms with Crippen LogP contribution < -0.4 is 0 Å². The van der Waals surface area contributed by atoms with Crippen LogP contribution in [0.15, 0.2) is 42.5 Å². The molecule has 37 heavy (non-hydrogen) atoms. The Balaban J connectivity index is 1.50. The van der Waals surface area contributed by atoms with Crippen LogP contribution in [0.5, 0.6) is 0 Å². The molecule has 0 bridgehead atoms. The Bertz CT molecular complexity index is 1070. The third-order valence-electron chi connectivity index (χ3n) is 6.91. The standard InChI is InChI=1S/C27H32ClF4N3O2/c1-18-15-34(16-19(2)37-18)8-7-33-9-10-35(25(17-33)11-20-3-5-23(28)6-4-20)26(36)21-12-22(27(30,31)32)14-24(29)13-21/h3-6,12-14,18-19,25H,7-11,15-17H2,1-2H3/t18-,19+,25-/m1/s1. The maximum absolute atomic E-state index is 14.1. The van der Waals surface area contributed by atoms with Crippen molar-refractivity contribution in [2.75, 3.05) is 45.8 Å². The van der Waals surface area contributed by atoms with Crippen molar-refractivity contribution in [3.63, 3.8) is 0 Å². The van der Waals surface area contributed by atoms with Crippen molar-refractivity contribution >= 4 is 17.5 Å². The zero-order chi connectivity index (χ0) is 26.7. The monoisotopic (exact) mass is 541 g/mol. The van der Waals surface area contributed by atoms with Crippen LogP contribution in [0.4, 0.5) is 17.6 Å². The Morgan fingerprint density at radius 2 is 1.62 bits per heavy atom. The number of morpholine rings is 1. The van der Waals surface area contributed by atoms with Crippen LogP contribution in [0.1, 0.15) is 35.3 Å². The maximum Gasteiger partial charge on any atom is 0.416 e. The first-order chi connectivity index (χ1) is 17.5. The third-order valence-corrected chi connectivity index (χ3v) is 7.16. The highest BCUT2D eigenvalue weighted by Crippen LogP contribution is 2.31. The average Bonchev–Trinajstić information content (AvgIpc) is 2.82. The molecule has 4 rings (SSSR count). The topological polar surface area (TPSA) is 36.0 Å². The fraction of sp³-hybridized carbons (Fsp3) is 0.519. The molecule has 0 aliphatic carbocycles. The minimum absolute atomic E-state index is 0.170. The molecule has 0 saturated carbocycles. The van der Waals surface area contributed by atoms with E-state index in [1.807, 2.05) is 12.1 Å². The molecule has 2 aromatic rings. The summed E-state index contributed by atoms with van der Waals surface area (Å²) in [7, 11) is 0. The van der Waals surface area contributed by atoms with E-state index in [0.29, 0.717) is 37.1 Å². The molecule has 1 amide bonds. The van der Waals surface area contributed by atoms with Gasteiger partial charge in [0.25, 0.3) is 5.91 Å². The quantitative estimate of drug-likeness (QED) is 0.484. The van der Waals surface area contributed by atoms with Gasteiger partial charge in [0.15, 0.2) is 0 Å². The van der Waals surface area contributed by atoms with Crippen molar-refractivity contribution in [1.29, 1.82) is 0 Å². The van der Waals surface area contributed by atoms with Crippen LogP contribution in [0, 0.1) is 5.82 Å². The van der Waals surface area contributed by atoms with Crippen LogP contribution in [0.3, 0.4) is 0 Å². The Kier molecular flexibility index (Phi) is 8.78. The van der Waals surface area contributed by atoms with Crippen molar-refractivity contribution in [3.8, 4) is 0 Å². The fourth-order valence-corrected chi connectivity index (χ4v) is 5.38. The largest absolute Gasteiger partial charge is 0.416 e. The summed E-state index contributed by atoms with van der Waals surface area (Å²) >= 11 is 6.02. The molecule has 2 saturated heterocycles. The van der Waals surface area contributed by atoms with Gasteiger partial charge in [-0.15, -0.1) is 0 Å². The van der Waals surface area contributed by atoms with Crippen LogP contribution in [0.25, 0.3) is 0 Å². The van der Waals surface area contributed by atoms with E-state index >= 15 is 0 Å². The second kappa shape index (κ2) is 11.7. The molecule has 2 fully saturated rings. The van der Waals surface area contributed by atoms with Gasteiger partial charge in [-0.05, 0) is 56.2 Å². The number of hydrogen-bond donors (Lipinski definition) is 0. The van der Waals surface area contributed by atoms with Crippen LogP contribution in [-0.2, 0) is 17.3 Å². The predicted molar refractivity (Wildman–Crippen MR) is 134 cm³/mol. The Morgan fingerprint density at radius 1 is 0.973 bits per heavy atom. The van der Waals surface area contributed by atoms with Crippen LogP contribution in [-0.4, -0.2) is 84.7 Å². The zero-order valence-electron chi connectivity index (χ0n) is 21.0. The number of halogens is 5. The molecule has 0 unspecified atom stereocenters. The van der Waals surface area contributed by atoms with Crippen molar-refractivity contribution in [3.05, 3.63) is 70.0 Å². The minimum Gasteiger partial charge on any atom is -0.373 e. The fourth-order valence-electron chi connectivity index (χ4n) is 5.25. The first kappa shape index (κ1) is 27.8. The van der Waals surface area contributed by atoms with Gasteiger partial charge in [-0.3, -0.25) is 14.6 Å². The van der Waals surface area contributed by atoms with Gasteiger partial charge in [-0.25, -0.2) is 4.39 Å². The molecule has 0 aromatic heterocycles. The number of rotatable bonds is 6. The van der Waals surface area contributed by atoms with E-state index in [0.717, 1.165) is 43.9 Å². The number of hydrogen-bond acceptors (Lipinski definition) is 4. The first-order valence-electron chi connectivity index (χ1n) is 12.5. The smallest absolute Gasteiger partial charge is 0.373 e. The van der Waals surface area contributed by atoms with Crippen LogP contribution >= 0.6 is 11.6 Å². The third kappa shape index (κ3) is 7.44. The van der Waals surface area contributed by atoms with E-state index in [2.05, 4.69) is 23.6 Å². The molecule has 2 aliphatic heterocycles. The summed E-state index contributed by atoms with van der Waals surface area (Å²) in [6.07, 6.45) is -3.90. The van der Waals surface area contributed by atoms with E-state index in [1.54, 1.807) is 17.0 Å². The number of carbonyl (C=O) groups is 1. The molecule has 10 heteroatoms. The number of benzene rings is 2. The van der Waals surface area contributed by atoms with E-state index in [-0.39, 0.29) is 23.8 Å². The van der Waals surface area contributed by atoms with E-state index < -0.39 is 23.5 Å². The molecule has 3 atom stereocenters. The number of alkyl halides is 3. The highest BCUT2D eigenvalue weighted by molar-refractivity contribution is 6.30. The normalized spacial score (nSPS) is 23.9. The molecule has 2 aliphatic rings. The molecule has 2 heterocycles. The highest BCUT2D eigenvalue weighted by atomic mass is 35.5. The lowest BCUT2D eigenvalue weighted by Gasteiger charge is -2.43. The predicted octanol–water partition coefficient (Wildman–Crippen LogP) is 4.98. The summed E-state index contributed by atoms with van der Waals surface area (Å²) in [5, 5.41) is 0.593. The minimum atomic E-state index is -4.74. The van der Waals surface area contributed by atoms with Gasteiger partial charge < -0.3 is 9.64 Å². The lowest BCUT2D eigenvalue weighted by atomic mass is 10.00. The molecule has 2 aromatic carbocycles. The molecule has 0 spiro atoms. The summed E-state index contributed by atoms with van der Waals surface area (Å²) in [5.41, 5.74) is -0.504. The van der Waals surface area contributed by atoms with Crippen molar-refractivity contribution < 1.29 is 27.1 Å². The first-order valence-corrected chi connectivity index (χ1v) is 12.9. The Morgan fingerprint density at radius 3 is 2.27 bits per heavy atom. The van der Waals surface area contributed by atoms with Crippen LogP contribution in [0.2, 0.25) is 5.02 Å². The summed E-state index contributed by atoms with van der Waals surface area (Å²) in [6, 6.07) is 9.03. The molecule has 202 valence electrons.